The standard InChI is InChI=1S/C16H17N5O2.C15H19N5O2/c1-11(2)23-14-7-12(3)6-13(8-14)16-17-9-21(20-16)5-4-15-19-18-10-22-15;1-10(2)22-13-7-11(3)6-12(8-13)15-17-9-20(19-15)5-4-14(21)18-16/h4-11H,1-3H3;4-10H,16H2,1-3H3,(H,18,21)/b2*5-4-. The highest BCUT2D eigenvalue weighted by Gasteiger charge is 2.09. The van der Waals surface area contributed by atoms with Gasteiger partial charge in [0.2, 0.25) is 12.3 Å². The third-order valence-corrected chi connectivity index (χ3v) is 5.65. The Hall–Kier alpha value is -5.63. The summed E-state index contributed by atoms with van der Waals surface area (Å²) >= 11 is 0. The van der Waals surface area contributed by atoms with Crippen LogP contribution in [0.3, 0.4) is 0 Å². The van der Waals surface area contributed by atoms with E-state index in [9.17, 15) is 4.79 Å². The number of carbonyl (C=O) groups is 1. The van der Waals surface area contributed by atoms with Crippen LogP contribution >= 0.6 is 0 Å². The van der Waals surface area contributed by atoms with Gasteiger partial charge in [0.1, 0.15) is 24.2 Å². The van der Waals surface area contributed by atoms with Crippen LogP contribution in [0.1, 0.15) is 44.7 Å². The van der Waals surface area contributed by atoms with Gasteiger partial charge in [0.15, 0.2) is 11.6 Å². The molecule has 14 nitrogen and oxygen atoms in total. The van der Waals surface area contributed by atoms with Gasteiger partial charge in [-0.3, -0.25) is 10.2 Å². The number of hydrazine groups is 1. The number of ether oxygens (including phenoxy) is 2. The molecular formula is C31H36N10O4. The molecule has 3 N–H and O–H groups in total. The van der Waals surface area contributed by atoms with Gasteiger partial charge in [0, 0.05) is 35.7 Å². The predicted octanol–water partition coefficient (Wildman–Crippen LogP) is 4.55. The molecule has 0 aliphatic heterocycles. The first-order chi connectivity index (χ1) is 21.6. The van der Waals surface area contributed by atoms with Crippen molar-refractivity contribution in [1.82, 2.24) is 45.2 Å². The third-order valence-electron chi connectivity index (χ3n) is 5.65. The summed E-state index contributed by atoms with van der Waals surface area (Å²) in [6.45, 7) is 11.9. The normalized spacial score (nSPS) is 11.3. The van der Waals surface area contributed by atoms with Crippen LogP contribution in [-0.4, -0.2) is 57.8 Å². The molecule has 14 heteroatoms. The highest BCUT2D eigenvalue weighted by Crippen LogP contribution is 2.25. The van der Waals surface area contributed by atoms with Crippen molar-refractivity contribution in [3.05, 3.63) is 78.5 Å². The fourth-order valence-electron chi connectivity index (χ4n) is 3.98. The first-order valence-electron chi connectivity index (χ1n) is 14.1. The zero-order valence-electron chi connectivity index (χ0n) is 25.9. The van der Waals surface area contributed by atoms with E-state index < -0.39 is 5.91 Å². The first-order valence-corrected chi connectivity index (χ1v) is 14.1. The topological polar surface area (TPSA) is 174 Å². The van der Waals surface area contributed by atoms with E-state index >= 15 is 0 Å². The Balaban J connectivity index is 0.000000205. The first kappa shape index (κ1) is 32.3. The highest BCUT2D eigenvalue weighted by atomic mass is 16.5. The van der Waals surface area contributed by atoms with E-state index in [4.69, 9.17) is 19.7 Å². The Bertz CT molecular complexity index is 1750. The summed E-state index contributed by atoms with van der Waals surface area (Å²) in [5, 5.41) is 16.1. The van der Waals surface area contributed by atoms with Crippen LogP contribution in [0.4, 0.5) is 0 Å². The van der Waals surface area contributed by atoms with Crippen molar-refractivity contribution >= 4 is 24.4 Å². The number of aryl methyl sites for hydroxylation is 2. The molecule has 234 valence electrons. The Morgan fingerprint density at radius 2 is 1.38 bits per heavy atom. The van der Waals surface area contributed by atoms with E-state index in [2.05, 4.69) is 30.4 Å². The molecule has 0 saturated heterocycles. The number of hydrogen-bond donors (Lipinski definition) is 2. The minimum absolute atomic E-state index is 0.0953. The van der Waals surface area contributed by atoms with Crippen molar-refractivity contribution in [3.8, 4) is 34.3 Å². The Morgan fingerprint density at radius 3 is 1.84 bits per heavy atom. The molecule has 1 amide bonds. The molecular weight excluding hydrogens is 576 g/mol. The number of amides is 1. The molecule has 0 saturated carbocycles. The van der Waals surface area contributed by atoms with Gasteiger partial charge in [-0.05, 0) is 89.1 Å². The SMILES string of the molecule is Cc1cc(OC(C)C)cc(-c2ncn(/C=C\C(=O)NN)n2)c1.Cc1cc(OC(C)C)cc(-c2ncn(/C=C\c3nnco3)n2)c1. The van der Waals surface area contributed by atoms with E-state index in [1.54, 1.807) is 23.3 Å². The molecule has 0 spiro atoms. The highest BCUT2D eigenvalue weighted by molar-refractivity contribution is 5.89. The Morgan fingerprint density at radius 1 is 0.844 bits per heavy atom. The minimum Gasteiger partial charge on any atom is -0.491 e. The maximum absolute atomic E-state index is 11.1. The van der Waals surface area contributed by atoms with Crippen LogP contribution in [0.25, 0.3) is 41.3 Å². The second kappa shape index (κ2) is 15.2. The van der Waals surface area contributed by atoms with E-state index in [0.717, 1.165) is 33.8 Å². The van der Waals surface area contributed by atoms with Crippen molar-refractivity contribution in [2.24, 2.45) is 5.84 Å². The molecule has 0 aliphatic carbocycles. The third kappa shape index (κ3) is 9.96. The van der Waals surface area contributed by atoms with Crippen LogP contribution < -0.4 is 20.7 Å². The van der Waals surface area contributed by atoms with Gasteiger partial charge in [-0.2, -0.15) is 0 Å². The second-order valence-electron chi connectivity index (χ2n) is 10.4. The van der Waals surface area contributed by atoms with Crippen LogP contribution in [0, 0.1) is 13.8 Å². The maximum atomic E-state index is 11.1. The minimum atomic E-state index is -0.416. The second-order valence-corrected chi connectivity index (χ2v) is 10.4. The maximum Gasteiger partial charge on any atom is 0.259 e. The average Bonchev–Trinajstić information content (AvgIpc) is 3.76. The molecule has 0 fully saturated rings. The molecule has 5 aromatic rings. The number of nitrogens with one attached hydrogen (secondary N) is 1. The summed E-state index contributed by atoms with van der Waals surface area (Å²) in [6, 6.07) is 11.8. The number of nitrogens with two attached hydrogens (primary N) is 1. The zero-order valence-corrected chi connectivity index (χ0v) is 25.9. The van der Waals surface area contributed by atoms with Crippen LogP contribution in [0.15, 0.2) is 65.9 Å². The fraction of sp³-hybridized carbons (Fsp3) is 0.258. The summed E-state index contributed by atoms with van der Waals surface area (Å²) in [5.74, 6) is 7.75. The number of aromatic nitrogens is 8. The number of rotatable bonds is 10. The molecule has 0 bridgehead atoms. The van der Waals surface area contributed by atoms with E-state index in [-0.39, 0.29) is 12.2 Å². The summed E-state index contributed by atoms with van der Waals surface area (Å²) in [6.07, 6.45) is 10.7. The number of benzene rings is 2. The van der Waals surface area contributed by atoms with Crippen LogP contribution in [-0.2, 0) is 4.79 Å². The van der Waals surface area contributed by atoms with Gasteiger partial charge in [-0.1, -0.05) is 0 Å². The number of hydrogen-bond acceptors (Lipinski definition) is 11. The van der Waals surface area contributed by atoms with E-state index in [1.807, 2.05) is 83.4 Å². The molecule has 0 atom stereocenters. The summed E-state index contributed by atoms with van der Waals surface area (Å²) in [4.78, 5) is 19.6. The number of carbonyl (C=O) groups excluding carboxylic acids is 1. The van der Waals surface area contributed by atoms with E-state index in [1.165, 1.54) is 29.7 Å². The van der Waals surface area contributed by atoms with Crippen molar-refractivity contribution in [3.63, 3.8) is 0 Å². The van der Waals surface area contributed by atoms with Gasteiger partial charge in [-0.15, -0.1) is 20.4 Å². The van der Waals surface area contributed by atoms with Gasteiger partial charge in [0.05, 0.1) is 12.2 Å². The summed E-state index contributed by atoms with van der Waals surface area (Å²) < 4.78 is 19.5. The summed E-state index contributed by atoms with van der Waals surface area (Å²) in [7, 11) is 0. The van der Waals surface area contributed by atoms with Crippen molar-refractivity contribution in [1.29, 1.82) is 0 Å². The fourth-order valence-corrected chi connectivity index (χ4v) is 3.98. The summed E-state index contributed by atoms with van der Waals surface area (Å²) in [5.41, 5.74) is 5.92. The molecule has 0 aliphatic rings. The predicted molar refractivity (Wildman–Crippen MR) is 169 cm³/mol. The van der Waals surface area contributed by atoms with Gasteiger partial charge < -0.3 is 13.9 Å². The molecule has 3 heterocycles. The molecule has 0 radical (unpaired) electrons. The smallest absolute Gasteiger partial charge is 0.259 e. The molecule has 45 heavy (non-hydrogen) atoms. The Labute approximate surface area is 260 Å². The average molecular weight is 613 g/mol. The van der Waals surface area contributed by atoms with E-state index in [0.29, 0.717) is 17.5 Å². The van der Waals surface area contributed by atoms with Gasteiger partial charge in [0.25, 0.3) is 5.91 Å². The van der Waals surface area contributed by atoms with Crippen molar-refractivity contribution < 1.29 is 18.7 Å². The van der Waals surface area contributed by atoms with Crippen molar-refractivity contribution in [2.75, 3.05) is 0 Å². The van der Waals surface area contributed by atoms with Gasteiger partial charge in [-0.25, -0.2) is 25.2 Å². The molecule has 2 aromatic carbocycles. The van der Waals surface area contributed by atoms with Crippen molar-refractivity contribution in [2.45, 2.75) is 53.8 Å². The van der Waals surface area contributed by atoms with Gasteiger partial charge >= 0.3 is 0 Å². The lowest BCUT2D eigenvalue weighted by molar-refractivity contribution is -0.116. The quantitative estimate of drug-likeness (QED) is 0.0980. The lowest BCUT2D eigenvalue weighted by Gasteiger charge is -2.11. The zero-order chi connectivity index (χ0) is 32.3. The Kier molecular flexibility index (Phi) is 10.9. The number of nitrogens with zero attached hydrogens (tertiary/aromatic N) is 8. The lowest BCUT2D eigenvalue weighted by atomic mass is 10.1. The largest absolute Gasteiger partial charge is 0.491 e. The van der Waals surface area contributed by atoms with Crippen LogP contribution in [0.5, 0.6) is 11.5 Å². The lowest BCUT2D eigenvalue weighted by Crippen LogP contribution is -2.28. The molecule has 0 unspecified atom stereocenters. The van der Waals surface area contributed by atoms with Crippen LogP contribution in [0.2, 0.25) is 0 Å². The molecule has 3 aromatic heterocycles. The molecule has 5 rings (SSSR count). The monoisotopic (exact) mass is 612 g/mol.